The van der Waals surface area contributed by atoms with Gasteiger partial charge in [0.25, 0.3) is 5.52 Å². The third-order valence-electron chi connectivity index (χ3n) is 2.85. The number of hydrogen-bond donors (Lipinski definition) is 0. The maximum atomic E-state index is 13.8. The van der Waals surface area contributed by atoms with Crippen molar-refractivity contribution in [3.05, 3.63) is 35.3 Å². The van der Waals surface area contributed by atoms with Gasteiger partial charge in [0.2, 0.25) is 11.6 Å². The Labute approximate surface area is 112 Å². The number of aromatic amines is 1. The number of rotatable bonds is 3. The summed E-state index contributed by atoms with van der Waals surface area (Å²) in [5.74, 6) is -5.67. The van der Waals surface area contributed by atoms with Crippen LogP contribution in [0, 0.1) is 17.5 Å². The first-order valence-electron chi connectivity index (χ1n) is 5.71. The summed E-state index contributed by atoms with van der Waals surface area (Å²) in [5.41, 5.74) is 0.213. The highest BCUT2D eigenvalue weighted by atomic mass is 19.2. The van der Waals surface area contributed by atoms with E-state index >= 15 is 0 Å². The van der Waals surface area contributed by atoms with Gasteiger partial charge < -0.3 is 14.8 Å². The van der Waals surface area contributed by atoms with E-state index in [0.29, 0.717) is 5.69 Å². The Hall–Kier alpha value is -2.31. The standard InChI is InChI=1S/C13H11F3N2O2/c1-18(2)9-3-6(4-10(19)20)17-13-7(9)5-8(14)11(15)12(13)16/h3,5H,4H2,1-2H3,(H,19,20). The number of pyridine rings is 1. The Morgan fingerprint density at radius 1 is 1.25 bits per heavy atom. The van der Waals surface area contributed by atoms with Crippen molar-refractivity contribution in [2.75, 3.05) is 19.0 Å². The Bertz CT molecular complexity index is 702. The van der Waals surface area contributed by atoms with Crippen LogP contribution in [0.1, 0.15) is 5.69 Å². The van der Waals surface area contributed by atoms with Gasteiger partial charge in [0.1, 0.15) is 0 Å². The number of carboxylic acid groups (broad SMARTS) is 1. The molecule has 7 heteroatoms. The molecule has 0 spiro atoms. The molecule has 0 saturated carbocycles. The van der Waals surface area contributed by atoms with Crippen LogP contribution >= 0.6 is 0 Å². The molecule has 0 saturated heterocycles. The first kappa shape index (κ1) is 14.1. The third kappa shape index (κ3) is 2.38. The predicted molar refractivity (Wildman–Crippen MR) is 63.4 cm³/mol. The van der Waals surface area contributed by atoms with Crippen molar-refractivity contribution in [3.8, 4) is 0 Å². The second kappa shape index (κ2) is 4.99. The summed E-state index contributed by atoms with van der Waals surface area (Å²) < 4.78 is 40.4. The van der Waals surface area contributed by atoms with Gasteiger partial charge in [-0.2, -0.15) is 4.39 Å². The molecule has 0 aliphatic heterocycles. The lowest BCUT2D eigenvalue weighted by atomic mass is 10.1. The van der Waals surface area contributed by atoms with Crippen molar-refractivity contribution >= 4 is 22.6 Å². The molecule has 20 heavy (non-hydrogen) atoms. The largest absolute Gasteiger partial charge is 0.550 e. The van der Waals surface area contributed by atoms with Gasteiger partial charge in [0.05, 0.1) is 23.5 Å². The quantitative estimate of drug-likeness (QED) is 0.768. The molecule has 2 aromatic rings. The number of fused-ring (bicyclic) bond motifs is 1. The number of benzene rings is 1. The summed E-state index contributed by atoms with van der Waals surface area (Å²) in [6, 6.07) is 2.29. The van der Waals surface area contributed by atoms with Crippen LogP contribution in [0.5, 0.6) is 0 Å². The van der Waals surface area contributed by atoms with Crippen LogP contribution in [-0.4, -0.2) is 20.1 Å². The van der Waals surface area contributed by atoms with Gasteiger partial charge in [-0.05, 0) is 6.07 Å². The normalized spacial score (nSPS) is 10.8. The smallest absolute Gasteiger partial charge is 0.252 e. The Balaban J connectivity index is 2.82. The molecule has 1 N–H and O–H groups in total. The average Bonchev–Trinajstić information content (AvgIpc) is 2.35. The van der Waals surface area contributed by atoms with Crippen LogP contribution in [0.2, 0.25) is 0 Å². The van der Waals surface area contributed by atoms with Gasteiger partial charge in [-0.25, -0.2) is 13.8 Å². The zero-order valence-electron chi connectivity index (χ0n) is 10.8. The molecule has 106 valence electrons. The van der Waals surface area contributed by atoms with E-state index in [1.165, 1.54) is 6.07 Å². The topological polar surface area (TPSA) is 57.5 Å². The lowest BCUT2D eigenvalue weighted by Crippen LogP contribution is -2.29. The number of nitrogens with one attached hydrogen (secondary N) is 1. The third-order valence-corrected chi connectivity index (χ3v) is 2.85. The maximum absolute atomic E-state index is 13.8. The van der Waals surface area contributed by atoms with E-state index in [-0.39, 0.29) is 16.6 Å². The molecule has 1 heterocycles. The van der Waals surface area contributed by atoms with Gasteiger partial charge in [0.15, 0.2) is 11.5 Å². The molecule has 4 nitrogen and oxygen atoms in total. The second-order valence-electron chi connectivity index (χ2n) is 4.53. The minimum absolute atomic E-state index is 0.119. The minimum atomic E-state index is -1.61. The first-order chi connectivity index (χ1) is 9.31. The fourth-order valence-corrected chi connectivity index (χ4v) is 1.98. The molecule has 0 fully saturated rings. The van der Waals surface area contributed by atoms with E-state index in [1.807, 2.05) is 0 Å². The SMILES string of the molecule is CN(C)c1cc(CC(=O)[O-])[nH+]c2c(F)c(F)c(F)cc12. The first-order valence-corrected chi connectivity index (χ1v) is 5.71. The minimum Gasteiger partial charge on any atom is -0.550 e. The fourth-order valence-electron chi connectivity index (χ4n) is 1.98. The molecule has 0 radical (unpaired) electrons. The average molecular weight is 284 g/mol. The van der Waals surface area contributed by atoms with Gasteiger partial charge in [-0.15, -0.1) is 0 Å². The summed E-state index contributed by atoms with van der Waals surface area (Å²) in [6.07, 6.45) is -0.491. The van der Waals surface area contributed by atoms with Crippen molar-refractivity contribution in [1.82, 2.24) is 0 Å². The molecule has 0 unspecified atom stereocenters. The molecular formula is C13H11F3N2O2. The molecule has 0 aliphatic rings. The second-order valence-corrected chi connectivity index (χ2v) is 4.53. The lowest BCUT2D eigenvalue weighted by Gasteiger charge is -2.14. The monoisotopic (exact) mass is 284 g/mol. The van der Waals surface area contributed by atoms with Gasteiger partial charge in [-0.3, -0.25) is 0 Å². The van der Waals surface area contributed by atoms with Crippen LogP contribution < -0.4 is 15.0 Å². The van der Waals surface area contributed by atoms with Gasteiger partial charge >= 0.3 is 0 Å². The molecule has 0 aliphatic carbocycles. The fraction of sp³-hybridized carbons (Fsp3) is 0.231. The van der Waals surface area contributed by atoms with Crippen molar-refractivity contribution in [2.24, 2.45) is 0 Å². The Kier molecular flexibility index (Phi) is 3.52. The summed E-state index contributed by atoms with van der Waals surface area (Å²) >= 11 is 0. The van der Waals surface area contributed by atoms with E-state index in [0.717, 1.165) is 6.07 Å². The van der Waals surface area contributed by atoms with Gasteiger partial charge in [0, 0.05) is 20.2 Å². The zero-order chi connectivity index (χ0) is 15.0. The number of H-pyrrole nitrogens is 1. The van der Waals surface area contributed by atoms with Crippen molar-refractivity contribution in [2.45, 2.75) is 6.42 Å². The van der Waals surface area contributed by atoms with Crippen molar-refractivity contribution in [3.63, 3.8) is 0 Å². The van der Waals surface area contributed by atoms with Crippen LogP contribution in [-0.2, 0) is 11.2 Å². The lowest BCUT2D eigenvalue weighted by molar-refractivity contribution is -0.363. The number of anilines is 1. The molecular weight excluding hydrogens is 273 g/mol. The molecule has 0 amide bonds. The highest BCUT2D eigenvalue weighted by Crippen LogP contribution is 2.28. The van der Waals surface area contributed by atoms with Crippen molar-refractivity contribution < 1.29 is 28.1 Å². The molecule has 0 atom stereocenters. The number of carbonyl (C=O) groups is 1. The summed E-state index contributed by atoms with van der Waals surface area (Å²) in [7, 11) is 3.24. The maximum Gasteiger partial charge on any atom is 0.252 e. The number of aromatic nitrogens is 1. The van der Waals surface area contributed by atoms with E-state index in [2.05, 4.69) is 4.98 Å². The van der Waals surface area contributed by atoms with E-state index < -0.39 is 29.8 Å². The number of nitrogens with zero attached hydrogens (tertiary/aromatic N) is 1. The number of halogens is 3. The summed E-state index contributed by atoms with van der Waals surface area (Å²) in [4.78, 5) is 14.6. The number of carbonyl (C=O) groups excluding carboxylic acids is 1. The highest BCUT2D eigenvalue weighted by molar-refractivity contribution is 5.90. The van der Waals surface area contributed by atoms with Crippen LogP contribution in [0.15, 0.2) is 12.1 Å². The van der Waals surface area contributed by atoms with Crippen LogP contribution in [0.25, 0.3) is 10.9 Å². The van der Waals surface area contributed by atoms with E-state index in [4.69, 9.17) is 0 Å². The molecule has 1 aromatic carbocycles. The number of hydrogen-bond acceptors (Lipinski definition) is 3. The highest BCUT2D eigenvalue weighted by Gasteiger charge is 2.23. The van der Waals surface area contributed by atoms with Gasteiger partial charge in [-0.1, -0.05) is 0 Å². The molecule has 2 rings (SSSR count). The number of carboxylic acids is 1. The summed E-state index contributed by atoms with van der Waals surface area (Å²) in [6.45, 7) is 0. The zero-order valence-corrected chi connectivity index (χ0v) is 10.8. The summed E-state index contributed by atoms with van der Waals surface area (Å²) in [5, 5.41) is 10.7. The van der Waals surface area contributed by atoms with Crippen LogP contribution in [0.3, 0.4) is 0 Å². The van der Waals surface area contributed by atoms with Crippen LogP contribution in [0.4, 0.5) is 18.9 Å². The predicted octanol–water partition coefficient (Wildman–Crippen LogP) is 0.430. The Morgan fingerprint density at radius 2 is 1.90 bits per heavy atom. The van der Waals surface area contributed by atoms with E-state index in [1.54, 1.807) is 19.0 Å². The molecule has 1 aromatic heterocycles. The number of aliphatic carboxylic acids is 1. The Morgan fingerprint density at radius 3 is 2.45 bits per heavy atom. The van der Waals surface area contributed by atoms with Crippen molar-refractivity contribution in [1.29, 1.82) is 0 Å². The molecule has 0 bridgehead atoms. The van der Waals surface area contributed by atoms with E-state index in [9.17, 15) is 23.1 Å².